The Bertz CT molecular complexity index is 548. The van der Waals surface area contributed by atoms with Crippen LogP contribution in [0.2, 0.25) is 0 Å². The van der Waals surface area contributed by atoms with E-state index in [9.17, 15) is 4.79 Å². The van der Waals surface area contributed by atoms with Gasteiger partial charge in [-0.1, -0.05) is 73.5 Å². The van der Waals surface area contributed by atoms with E-state index in [1.165, 1.54) is 25.7 Å². The third kappa shape index (κ3) is 3.76. The minimum absolute atomic E-state index is 0.0590. The van der Waals surface area contributed by atoms with Gasteiger partial charge in [-0.25, -0.2) is 0 Å². The second-order valence-corrected chi connectivity index (χ2v) is 6.18. The summed E-state index contributed by atoms with van der Waals surface area (Å²) in [6.45, 7) is 0. The third-order valence-corrected chi connectivity index (χ3v) is 4.52. The fourth-order valence-electron chi connectivity index (χ4n) is 3.35. The van der Waals surface area contributed by atoms with Gasteiger partial charge in [0.05, 0.1) is 6.04 Å². The van der Waals surface area contributed by atoms with Gasteiger partial charge in [-0.05, 0) is 29.9 Å². The molecule has 1 aliphatic rings. The smallest absolute Gasteiger partial charge is 0.221 e. The number of carbonyl (C=O) groups is 1. The van der Waals surface area contributed by atoms with Crippen LogP contribution >= 0.6 is 0 Å². The van der Waals surface area contributed by atoms with Gasteiger partial charge in [-0.2, -0.15) is 0 Å². The Kier molecular flexibility index (Phi) is 4.89. The maximum atomic E-state index is 12.4. The zero-order valence-electron chi connectivity index (χ0n) is 12.9. The van der Waals surface area contributed by atoms with Crippen LogP contribution in [0, 0.1) is 5.92 Å². The van der Waals surface area contributed by atoms with Crippen LogP contribution in [0.4, 0.5) is 0 Å². The first kappa shape index (κ1) is 14.8. The highest BCUT2D eigenvalue weighted by Gasteiger charge is 2.21. The van der Waals surface area contributed by atoms with Crippen molar-refractivity contribution in [2.24, 2.45) is 5.92 Å². The average molecular weight is 293 g/mol. The number of nitrogens with one attached hydrogen (secondary N) is 1. The third-order valence-electron chi connectivity index (χ3n) is 4.52. The fourth-order valence-corrected chi connectivity index (χ4v) is 3.35. The first-order valence-corrected chi connectivity index (χ1v) is 8.22. The summed E-state index contributed by atoms with van der Waals surface area (Å²) in [5, 5.41) is 3.24. The predicted octanol–water partition coefficient (Wildman–Crippen LogP) is 4.47. The lowest BCUT2D eigenvalue weighted by molar-refractivity contribution is -0.122. The Balaban J connectivity index is 1.75. The normalized spacial score (nSPS) is 15.1. The van der Waals surface area contributed by atoms with Gasteiger partial charge in [0, 0.05) is 6.42 Å². The summed E-state index contributed by atoms with van der Waals surface area (Å²) in [5.41, 5.74) is 2.27. The minimum atomic E-state index is -0.0590. The summed E-state index contributed by atoms with van der Waals surface area (Å²) < 4.78 is 0. The van der Waals surface area contributed by atoms with E-state index in [2.05, 4.69) is 29.6 Å². The van der Waals surface area contributed by atoms with E-state index in [0.717, 1.165) is 11.1 Å². The SMILES string of the molecule is O=C(CC1CCCC1)NC(c1ccccc1)c1ccccc1. The maximum absolute atomic E-state index is 12.4. The molecular weight excluding hydrogens is 270 g/mol. The zero-order chi connectivity index (χ0) is 15.2. The summed E-state index contributed by atoms with van der Waals surface area (Å²) in [7, 11) is 0. The molecule has 0 saturated heterocycles. The highest BCUT2D eigenvalue weighted by Crippen LogP contribution is 2.28. The summed E-state index contributed by atoms with van der Waals surface area (Å²) in [4.78, 5) is 12.4. The Morgan fingerprint density at radius 3 is 1.91 bits per heavy atom. The van der Waals surface area contributed by atoms with Crippen LogP contribution in [0.3, 0.4) is 0 Å². The van der Waals surface area contributed by atoms with E-state index >= 15 is 0 Å². The van der Waals surface area contributed by atoms with E-state index in [4.69, 9.17) is 0 Å². The highest BCUT2D eigenvalue weighted by atomic mass is 16.1. The monoisotopic (exact) mass is 293 g/mol. The second kappa shape index (κ2) is 7.26. The van der Waals surface area contributed by atoms with Crippen LogP contribution < -0.4 is 5.32 Å². The van der Waals surface area contributed by atoms with Gasteiger partial charge in [0.25, 0.3) is 0 Å². The molecule has 0 aliphatic heterocycles. The van der Waals surface area contributed by atoms with Crippen LogP contribution in [-0.2, 0) is 4.79 Å². The van der Waals surface area contributed by atoms with Crippen molar-refractivity contribution in [2.75, 3.05) is 0 Å². The summed E-state index contributed by atoms with van der Waals surface area (Å²) in [5.74, 6) is 0.747. The van der Waals surface area contributed by atoms with Crippen LogP contribution in [0.1, 0.15) is 49.3 Å². The molecule has 2 aromatic carbocycles. The fraction of sp³-hybridized carbons (Fsp3) is 0.350. The van der Waals surface area contributed by atoms with Gasteiger partial charge in [0.1, 0.15) is 0 Å². The van der Waals surface area contributed by atoms with Gasteiger partial charge in [0.2, 0.25) is 5.91 Å². The van der Waals surface area contributed by atoms with E-state index in [1.54, 1.807) is 0 Å². The number of benzene rings is 2. The minimum Gasteiger partial charge on any atom is -0.345 e. The van der Waals surface area contributed by atoms with Crippen LogP contribution in [0.25, 0.3) is 0 Å². The number of hydrogen-bond donors (Lipinski definition) is 1. The van der Waals surface area contributed by atoms with Gasteiger partial charge in [-0.3, -0.25) is 4.79 Å². The lowest BCUT2D eigenvalue weighted by atomic mass is 9.97. The van der Waals surface area contributed by atoms with Gasteiger partial charge in [0.15, 0.2) is 0 Å². The van der Waals surface area contributed by atoms with Crippen LogP contribution in [0.5, 0.6) is 0 Å². The lowest BCUT2D eigenvalue weighted by Crippen LogP contribution is -2.30. The Hall–Kier alpha value is -2.09. The molecule has 0 bridgehead atoms. The molecule has 114 valence electrons. The summed E-state index contributed by atoms with van der Waals surface area (Å²) >= 11 is 0. The van der Waals surface area contributed by atoms with E-state index in [-0.39, 0.29) is 11.9 Å². The highest BCUT2D eigenvalue weighted by molar-refractivity contribution is 5.77. The van der Waals surface area contributed by atoms with Crippen molar-refractivity contribution in [3.63, 3.8) is 0 Å². The molecule has 1 N–H and O–H groups in total. The van der Waals surface area contributed by atoms with Crippen LogP contribution in [0.15, 0.2) is 60.7 Å². The van der Waals surface area contributed by atoms with E-state index in [0.29, 0.717) is 12.3 Å². The molecule has 22 heavy (non-hydrogen) atoms. The van der Waals surface area contributed by atoms with E-state index in [1.807, 2.05) is 36.4 Å². The van der Waals surface area contributed by atoms with Gasteiger partial charge >= 0.3 is 0 Å². The molecule has 0 atom stereocenters. The zero-order valence-corrected chi connectivity index (χ0v) is 12.9. The Morgan fingerprint density at radius 1 is 0.909 bits per heavy atom. The maximum Gasteiger partial charge on any atom is 0.221 e. The van der Waals surface area contributed by atoms with Crippen molar-refractivity contribution >= 4 is 5.91 Å². The molecule has 3 rings (SSSR count). The number of rotatable bonds is 5. The molecular formula is C20H23NO. The summed E-state index contributed by atoms with van der Waals surface area (Å²) in [6.07, 6.45) is 5.62. The van der Waals surface area contributed by atoms with Gasteiger partial charge in [-0.15, -0.1) is 0 Å². The molecule has 1 aliphatic carbocycles. The molecule has 0 spiro atoms. The number of carbonyl (C=O) groups excluding carboxylic acids is 1. The van der Waals surface area contributed by atoms with E-state index < -0.39 is 0 Å². The average Bonchev–Trinajstić information content (AvgIpc) is 3.07. The Morgan fingerprint density at radius 2 is 1.41 bits per heavy atom. The standard InChI is InChI=1S/C20H23NO/c22-19(15-16-9-7-8-10-16)21-20(17-11-3-1-4-12-17)18-13-5-2-6-14-18/h1-6,11-14,16,20H,7-10,15H2,(H,21,22). The molecule has 1 amide bonds. The van der Waals surface area contributed by atoms with Crippen molar-refractivity contribution < 1.29 is 4.79 Å². The number of amides is 1. The molecule has 0 unspecified atom stereocenters. The molecule has 2 nitrogen and oxygen atoms in total. The second-order valence-electron chi connectivity index (χ2n) is 6.18. The quantitative estimate of drug-likeness (QED) is 0.865. The largest absolute Gasteiger partial charge is 0.345 e. The lowest BCUT2D eigenvalue weighted by Gasteiger charge is -2.21. The molecule has 0 aromatic heterocycles. The van der Waals surface area contributed by atoms with Crippen molar-refractivity contribution in [3.05, 3.63) is 71.8 Å². The first-order valence-electron chi connectivity index (χ1n) is 8.22. The number of hydrogen-bond acceptors (Lipinski definition) is 1. The van der Waals surface area contributed by atoms with Crippen molar-refractivity contribution in [3.8, 4) is 0 Å². The first-order chi connectivity index (χ1) is 10.8. The molecule has 2 heteroatoms. The van der Waals surface area contributed by atoms with Crippen molar-refractivity contribution in [2.45, 2.75) is 38.1 Å². The van der Waals surface area contributed by atoms with Gasteiger partial charge < -0.3 is 5.32 Å². The molecule has 1 saturated carbocycles. The molecule has 1 fully saturated rings. The van der Waals surface area contributed by atoms with Crippen molar-refractivity contribution in [1.29, 1.82) is 0 Å². The molecule has 0 radical (unpaired) electrons. The molecule has 0 heterocycles. The molecule has 2 aromatic rings. The summed E-state index contributed by atoms with van der Waals surface area (Å²) in [6, 6.07) is 20.3. The van der Waals surface area contributed by atoms with Crippen LogP contribution in [-0.4, -0.2) is 5.91 Å². The predicted molar refractivity (Wildman–Crippen MR) is 89.4 cm³/mol. The van der Waals surface area contributed by atoms with Crippen molar-refractivity contribution in [1.82, 2.24) is 5.32 Å². The Labute approximate surface area is 132 Å². The topological polar surface area (TPSA) is 29.1 Å².